The summed E-state index contributed by atoms with van der Waals surface area (Å²) in [5, 5.41) is 17.7. The number of aliphatic carboxylic acids is 1. The lowest BCUT2D eigenvalue weighted by Gasteiger charge is -2.14. The molecule has 8 heteroatoms. The molecule has 0 aliphatic heterocycles. The van der Waals surface area contributed by atoms with Crippen molar-refractivity contribution in [3.8, 4) is 0 Å². The van der Waals surface area contributed by atoms with E-state index >= 15 is 0 Å². The molecule has 1 unspecified atom stereocenters. The second-order valence-electron chi connectivity index (χ2n) is 3.56. The number of aliphatic hydroxyl groups excluding tert-OH is 1. The number of aliphatic hydroxyl groups is 1. The minimum Gasteiger partial charge on any atom is -0.480 e. The first-order valence-corrected chi connectivity index (χ1v) is 6.77. The topological polar surface area (TPSA) is 104 Å². The van der Waals surface area contributed by atoms with Crippen LogP contribution in [-0.2, 0) is 14.8 Å². The van der Waals surface area contributed by atoms with Crippen molar-refractivity contribution in [3.63, 3.8) is 0 Å². The van der Waals surface area contributed by atoms with E-state index in [1.165, 1.54) is 25.1 Å². The Balaban J connectivity index is 3.14. The second-order valence-corrected chi connectivity index (χ2v) is 5.65. The minimum absolute atomic E-state index is 0.116. The predicted octanol–water partition coefficient (Wildman–Crippen LogP) is 0.372. The third kappa shape index (κ3) is 3.20. The highest BCUT2D eigenvalue weighted by Gasteiger charge is 2.26. The van der Waals surface area contributed by atoms with E-state index in [-0.39, 0.29) is 9.92 Å². The Labute approximate surface area is 109 Å². The van der Waals surface area contributed by atoms with Crippen LogP contribution in [0.2, 0.25) is 5.02 Å². The van der Waals surface area contributed by atoms with Crippen LogP contribution in [0.3, 0.4) is 0 Å². The highest BCUT2D eigenvalue weighted by atomic mass is 35.5. The Morgan fingerprint density at radius 3 is 2.61 bits per heavy atom. The van der Waals surface area contributed by atoms with Gasteiger partial charge in [0.05, 0.1) is 11.5 Å². The molecule has 1 aromatic carbocycles. The molecule has 1 aromatic rings. The van der Waals surface area contributed by atoms with Crippen molar-refractivity contribution in [1.29, 1.82) is 0 Å². The van der Waals surface area contributed by atoms with E-state index in [0.717, 1.165) is 0 Å². The van der Waals surface area contributed by atoms with Crippen molar-refractivity contribution < 1.29 is 23.4 Å². The predicted molar refractivity (Wildman–Crippen MR) is 65.0 cm³/mol. The largest absolute Gasteiger partial charge is 0.480 e. The summed E-state index contributed by atoms with van der Waals surface area (Å²) in [5.74, 6) is -1.46. The third-order valence-corrected chi connectivity index (χ3v) is 4.31. The number of nitrogens with one attached hydrogen (secondary N) is 1. The minimum atomic E-state index is -4.05. The molecule has 18 heavy (non-hydrogen) atoms. The molecular weight excluding hydrogens is 282 g/mol. The molecule has 0 saturated carbocycles. The average molecular weight is 294 g/mol. The molecule has 0 aliphatic rings. The molecule has 1 atom stereocenters. The van der Waals surface area contributed by atoms with E-state index in [2.05, 4.69) is 0 Å². The second kappa shape index (κ2) is 5.66. The van der Waals surface area contributed by atoms with E-state index in [0.29, 0.717) is 5.56 Å². The number of carbonyl (C=O) groups is 1. The molecular formula is C10H12ClNO5S. The number of hydrogen-bond donors (Lipinski definition) is 3. The van der Waals surface area contributed by atoms with Gasteiger partial charge in [-0.3, -0.25) is 4.79 Å². The first-order chi connectivity index (χ1) is 8.29. The van der Waals surface area contributed by atoms with Crippen LogP contribution in [0.1, 0.15) is 5.56 Å². The van der Waals surface area contributed by atoms with E-state index in [1.54, 1.807) is 0 Å². The maximum Gasteiger partial charge on any atom is 0.324 e. The van der Waals surface area contributed by atoms with Gasteiger partial charge in [0.1, 0.15) is 6.04 Å². The fourth-order valence-electron chi connectivity index (χ4n) is 1.30. The maximum absolute atomic E-state index is 11.9. The molecule has 1 rings (SSSR count). The van der Waals surface area contributed by atoms with Crippen LogP contribution in [0.4, 0.5) is 0 Å². The van der Waals surface area contributed by atoms with Crippen LogP contribution in [0.15, 0.2) is 23.1 Å². The lowest BCUT2D eigenvalue weighted by atomic mass is 10.2. The zero-order valence-corrected chi connectivity index (χ0v) is 11.0. The van der Waals surface area contributed by atoms with Crippen LogP contribution in [-0.4, -0.2) is 37.2 Å². The van der Waals surface area contributed by atoms with Crippen LogP contribution in [0, 0.1) is 6.92 Å². The molecule has 0 heterocycles. The normalized spacial score (nSPS) is 13.3. The first kappa shape index (κ1) is 14.9. The number of benzene rings is 1. The van der Waals surface area contributed by atoms with Gasteiger partial charge in [0.2, 0.25) is 10.0 Å². The van der Waals surface area contributed by atoms with E-state index in [9.17, 15) is 13.2 Å². The van der Waals surface area contributed by atoms with Gasteiger partial charge in [0.25, 0.3) is 0 Å². The number of halogens is 1. The van der Waals surface area contributed by atoms with Gasteiger partial charge in [-0.05, 0) is 24.6 Å². The lowest BCUT2D eigenvalue weighted by Crippen LogP contribution is -2.43. The zero-order valence-electron chi connectivity index (χ0n) is 9.42. The number of carboxylic acid groups (broad SMARTS) is 1. The molecule has 0 saturated heterocycles. The van der Waals surface area contributed by atoms with Gasteiger partial charge in [-0.25, -0.2) is 8.42 Å². The van der Waals surface area contributed by atoms with Crippen LogP contribution >= 0.6 is 11.6 Å². The van der Waals surface area contributed by atoms with Gasteiger partial charge in [-0.2, -0.15) is 4.72 Å². The Morgan fingerprint density at radius 1 is 1.50 bits per heavy atom. The zero-order chi connectivity index (χ0) is 13.9. The summed E-state index contributed by atoms with van der Waals surface area (Å²) in [4.78, 5) is 10.6. The SMILES string of the molecule is Cc1c(Cl)cccc1S(=O)(=O)NC(CO)C(=O)O. The monoisotopic (exact) mass is 293 g/mol. The van der Waals surface area contributed by atoms with Crippen LogP contribution < -0.4 is 4.72 Å². The van der Waals surface area contributed by atoms with E-state index in [1.807, 2.05) is 4.72 Å². The fourth-order valence-corrected chi connectivity index (χ4v) is 2.97. The Morgan fingerprint density at radius 2 is 2.11 bits per heavy atom. The molecule has 3 N–H and O–H groups in total. The molecule has 0 bridgehead atoms. The highest BCUT2D eigenvalue weighted by molar-refractivity contribution is 7.89. The molecule has 0 aromatic heterocycles. The van der Waals surface area contributed by atoms with Gasteiger partial charge in [-0.15, -0.1) is 0 Å². The quantitative estimate of drug-likeness (QED) is 0.728. The summed E-state index contributed by atoms with van der Waals surface area (Å²) in [6.45, 7) is 0.666. The molecule has 100 valence electrons. The first-order valence-electron chi connectivity index (χ1n) is 4.90. The fraction of sp³-hybridized carbons (Fsp3) is 0.300. The summed E-state index contributed by atoms with van der Waals surface area (Å²) in [6.07, 6.45) is 0. The molecule has 0 spiro atoms. The van der Waals surface area contributed by atoms with E-state index in [4.69, 9.17) is 21.8 Å². The van der Waals surface area contributed by atoms with Crippen molar-refractivity contribution in [2.24, 2.45) is 0 Å². The van der Waals surface area contributed by atoms with Crippen molar-refractivity contribution in [3.05, 3.63) is 28.8 Å². The van der Waals surface area contributed by atoms with Crippen molar-refractivity contribution in [1.82, 2.24) is 4.72 Å². The van der Waals surface area contributed by atoms with Gasteiger partial charge < -0.3 is 10.2 Å². The standard InChI is InChI=1S/C10H12ClNO5S/c1-6-7(11)3-2-4-9(6)18(16,17)12-8(5-13)10(14)15/h2-4,8,12-13H,5H2,1H3,(H,14,15). The molecule has 6 nitrogen and oxygen atoms in total. The van der Waals surface area contributed by atoms with Crippen molar-refractivity contribution in [2.45, 2.75) is 17.9 Å². The van der Waals surface area contributed by atoms with Crippen LogP contribution in [0.5, 0.6) is 0 Å². The summed E-state index contributed by atoms with van der Waals surface area (Å²) in [7, 11) is -4.05. The molecule has 0 radical (unpaired) electrons. The van der Waals surface area contributed by atoms with Gasteiger partial charge >= 0.3 is 5.97 Å². The number of carboxylic acids is 1. The van der Waals surface area contributed by atoms with E-state index < -0.39 is 28.6 Å². The van der Waals surface area contributed by atoms with Gasteiger partial charge in [0, 0.05) is 5.02 Å². The summed E-state index contributed by atoms with van der Waals surface area (Å²) < 4.78 is 25.8. The van der Waals surface area contributed by atoms with Crippen molar-refractivity contribution in [2.75, 3.05) is 6.61 Å². The van der Waals surface area contributed by atoms with Crippen molar-refractivity contribution >= 4 is 27.6 Å². The van der Waals surface area contributed by atoms with Crippen LogP contribution in [0.25, 0.3) is 0 Å². The number of hydrogen-bond acceptors (Lipinski definition) is 4. The maximum atomic E-state index is 11.9. The Kier molecular flexibility index (Phi) is 4.69. The molecule has 0 aliphatic carbocycles. The Hall–Kier alpha value is -1.15. The smallest absolute Gasteiger partial charge is 0.324 e. The summed E-state index contributed by atoms with van der Waals surface area (Å²) >= 11 is 5.79. The third-order valence-electron chi connectivity index (χ3n) is 2.29. The molecule has 0 amide bonds. The highest BCUT2D eigenvalue weighted by Crippen LogP contribution is 2.22. The average Bonchev–Trinajstić information content (AvgIpc) is 2.29. The summed E-state index contributed by atoms with van der Waals surface area (Å²) in [6, 6.07) is 2.68. The number of rotatable bonds is 5. The Bertz CT molecular complexity index is 557. The van der Waals surface area contributed by atoms with Gasteiger partial charge in [0.15, 0.2) is 0 Å². The summed E-state index contributed by atoms with van der Waals surface area (Å²) in [5.41, 5.74) is 0.314. The molecule has 0 fully saturated rings. The number of sulfonamides is 1. The van der Waals surface area contributed by atoms with Gasteiger partial charge in [-0.1, -0.05) is 17.7 Å². The lowest BCUT2D eigenvalue weighted by molar-refractivity contribution is -0.139.